The van der Waals surface area contributed by atoms with E-state index in [2.05, 4.69) is 21.8 Å². The van der Waals surface area contributed by atoms with E-state index in [1.54, 1.807) is 23.8 Å². The first-order valence-electron chi connectivity index (χ1n) is 13.0. The number of carbonyl (C=O) groups excluding carboxylic acids is 1. The molecule has 10 heteroatoms. The Morgan fingerprint density at radius 1 is 1.21 bits per heavy atom. The van der Waals surface area contributed by atoms with Gasteiger partial charge >= 0.3 is 0 Å². The topological polar surface area (TPSA) is 63.5 Å². The molecule has 3 aromatic rings. The molecule has 0 atom stereocenters. The predicted octanol–water partition coefficient (Wildman–Crippen LogP) is 6.24. The molecule has 3 heterocycles. The van der Waals surface area contributed by atoms with Crippen molar-refractivity contribution in [1.29, 1.82) is 0 Å². The number of hydrogen-bond acceptors (Lipinski definition) is 5. The summed E-state index contributed by atoms with van der Waals surface area (Å²) in [5.41, 5.74) is 2.94. The fourth-order valence-electron chi connectivity index (χ4n) is 5.42. The zero-order valence-electron chi connectivity index (χ0n) is 21.6. The zero-order valence-corrected chi connectivity index (χ0v) is 22.4. The number of amides is 1. The van der Waals surface area contributed by atoms with Crippen LogP contribution in [0.5, 0.6) is 0 Å². The number of halogens is 3. The Kier molecular flexibility index (Phi) is 7.95. The number of carbonyl (C=O) groups is 1. The summed E-state index contributed by atoms with van der Waals surface area (Å²) < 4.78 is 35.3. The number of benzene rings is 1. The molecule has 2 aromatic heterocycles. The Labute approximate surface area is 226 Å². The number of fused-ring (bicyclic) bond motifs is 1. The Morgan fingerprint density at radius 2 is 1.95 bits per heavy atom. The van der Waals surface area contributed by atoms with Crippen molar-refractivity contribution in [3.05, 3.63) is 70.0 Å². The first-order chi connectivity index (χ1) is 18.3. The summed E-state index contributed by atoms with van der Waals surface area (Å²) in [4.78, 5) is 20.0. The molecule has 1 amide bonds. The Morgan fingerprint density at radius 3 is 2.63 bits per heavy atom. The highest BCUT2D eigenvalue weighted by Crippen LogP contribution is 2.38. The number of rotatable bonds is 7. The first kappa shape index (κ1) is 26.6. The van der Waals surface area contributed by atoms with Gasteiger partial charge in [0.15, 0.2) is 5.82 Å². The van der Waals surface area contributed by atoms with Gasteiger partial charge in [-0.2, -0.15) is 5.10 Å². The van der Waals surface area contributed by atoms with E-state index in [0.717, 1.165) is 36.9 Å². The van der Waals surface area contributed by atoms with Crippen molar-refractivity contribution in [3.63, 3.8) is 0 Å². The lowest BCUT2D eigenvalue weighted by Crippen LogP contribution is -2.35. The van der Waals surface area contributed by atoms with Gasteiger partial charge in [0, 0.05) is 50.0 Å². The first-order valence-corrected chi connectivity index (χ1v) is 13.4. The zero-order chi connectivity index (χ0) is 26.8. The van der Waals surface area contributed by atoms with E-state index >= 15 is 0 Å². The van der Waals surface area contributed by atoms with E-state index in [4.69, 9.17) is 21.4 Å². The van der Waals surface area contributed by atoms with Crippen LogP contribution in [0.3, 0.4) is 0 Å². The van der Waals surface area contributed by atoms with Gasteiger partial charge in [0.1, 0.15) is 5.82 Å². The van der Waals surface area contributed by atoms with Crippen LogP contribution in [0.15, 0.2) is 42.6 Å². The minimum atomic E-state index is -2.71. The number of pyridine rings is 1. The Balaban J connectivity index is 1.37. The van der Waals surface area contributed by atoms with Gasteiger partial charge in [-0.1, -0.05) is 41.9 Å². The fraction of sp³-hybridized carbons (Fsp3) is 0.464. The summed E-state index contributed by atoms with van der Waals surface area (Å²) in [7, 11) is 1.76. The summed E-state index contributed by atoms with van der Waals surface area (Å²) >= 11 is 5.95. The van der Waals surface area contributed by atoms with Gasteiger partial charge in [-0.3, -0.25) is 9.48 Å². The van der Waals surface area contributed by atoms with Crippen LogP contribution in [0.1, 0.15) is 67.5 Å². The Bertz CT molecular complexity index is 1280. The molecule has 0 radical (unpaired) electrons. The molecule has 0 bridgehead atoms. The predicted molar refractivity (Wildman–Crippen MR) is 142 cm³/mol. The highest BCUT2D eigenvalue weighted by molar-refractivity contribution is 6.31. The average molecular weight is 544 g/mol. The van der Waals surface area contributed by atoms with Crippen molar-refractivity contribution in [1.82, 2.24) is 19.7 Å². The van der Waals surface area contributed by atoms with Gasteiger partial charge < -0.3 is 14.5 Å². The van der Waals surface area contributed by atoms with E-state index in [1.165, 1.54) is 17.8 Å². The molecule has 0 spiro atoms. The number of alkyl halides is 2. The molecule has 1 saturated carbocycles. The molecule has 2 aliphatic rings. The van der Waals surface area contributed by atoms with Gasteiger partial charge in [0.05, 0.1) is 30.3 Å². The molecule has 0 saturated heterocycles. The minimum absolute atomic E-state index is 0.00215. The number of anilines is 2. The van der Waals surface area contributed by atoms with Crippen LogP contribution in [-0.4, -0.2) is 45.3 Å². The number of nitrogens with zero attached hydrogens (tertiary/aromatic N) is 5. The second kappa shape index (κ2) is 11.4. The Hall–Kier alpha value is -3.04. The van der Waals surface area contributed by atoms with Crippen molar-refractivity contribution in [2.45, 2.75) is 70.8 Å². The monoisotopic (exact) mass is 543 g/mol. The van der Waals surface area contributed by atoms with Gasteiger partial charge in [0.2, 0.25) is 5.91 Å². The molecule has 202 valence electrons. The lowest BCUT2D eigenvalue weighted by atomic mass is 9.92. The molecule has 38 heavy (non-hydrogen) atoms. The van der Waals surface area contributed by atoms with E-state index in [9.17, 15) is 13.6 Å². The van der Waals surface area contributed by atoms with Crippen LogP contribution >= 0.6 is 11.6 Å². The third-order valence-electron chi connectivity index (χ3n) is 7.60. The molecule has 1 aliphatic heterocycles. The standard InChI is InChI=1S/C28H32ClF2N5O2/c1-18(37)35-13-12-25-23(16-35)28(34(2)26-14-22(27(30)31)24(29)15-32-26)33-36(25)20-8-10-21(11-9-20)38-17-19-6-4-3-5-7-19/h3-7,14-15,20-21,27H,8-13,16-17H2,1-2H3. The summed E-state index contributed by atoms with van der Waals surface area (Å²) in [6, 6.07) is 11.7. The average Bonchev–Trinajstić information content (AvgIpc) is 3.31. The highest BCUT2D eigenvalue weighted by atomic mass is 35.5. The summed E-state index contributed by atoms with van der Waals surface area (Å²) in [6.07, 6.45) is 3.17. The minimum Gasteiger partial charge on any atom is -0.374 e. The van der Waals surface area contributed by atoms with Crippen molar-refractivity contribution < 1.29 is 18.3 Å². The van der Waals surface area contributed by atoms with Gasteiger partial charge in [-0.25, -0.2) is 13.8 Å². The van der Waals surface area contributed by atoms with Crippen molar-refractivity contribution >= 4 is 29.1 Å². The maximum atomic E-state index is 13.5. The summed E-state index contributed by atoms with van der Waals surface area (Å²) in [5, 5.41) is 4.93. The van der Waals surface area contributed by atoms with E-state index < -0.39 is 6.43 Å². The van der Waals surface area contributed by atoms with E-state index in [-0.39, 0.29) is 28.6 Å². The normalized spacial score (nSPS) is 19.5. The second-order valence-corrected chi connectivity index (χ2v) is 10.4. The van der Waals surface area contributed by atoms with Crippen LogP contribution in [0.2, 0.25) is 5.02 Å². The molecule has 1 aliphatic carbocycles. The molecular formula is C28H32ClF2N5O2. The molecule has 5 rings (SSSR count). The quantitative estimate of drug-likeness (QED) is 0.353. The largest absolute Gasteiger partial charge is 0.374 e. The van der Waals surface area contributed by atoms with E-state index in [0.29, 0.717) is 37.8 Å². The van der Waals surface area contributed by atoms with Crippen molar-refractivity contribution in [2.75, 3.05) is 18.5 Å². The molecular weight excluding hydrogens is 512 g/mol. The van der Waals surface area contributed by atoms with Crippen LogP contribution in [0.4, 0.5) is 20.4 Å². The van der Waals surface area contributed by atoms with Crippen molar-refractivity contribution in [3.8, 4) is 0 Å². The van der Waals surface area contributed by atoms with Crippen LogP contribution in [0, 0.1) is 0 Å². The third-order valence-corrected chi connectivity index (χ3v) is 7.91. The summed E-state index contributed by atoms with van der Waals surface area (Å²) in [6.45, 7) is 3.22. The SMILES string of the molecule is CC(=O)N1CCc2c(c(N(C)c3cc(C(F)F)c(Cl)cn3)nn2C2CCC(OCc3ccccc3)CC2)C1. The van der Waals surface area contributed by atoms with E-state index in [1.807, 2.05) is 18.2 Å². The molecule has 1 aromatic carbocycles. The maximum Gasteiger partial charge on any atom is 0.265 e. The molecule has 1 fully saturated rings. The van der Waals surface area contributed by atoms with Crippen LogP contribution in [-0.2, 0) is 29.1 Å². The maximum absolute atomic E-state index is 13.5. The highest BCUT2D eigenvalue weighted by Gasteiger charge is 2.33. The second-order valence-electron chi connectivity index (χ2n) is 10.0. The lowest BCUT2D eigenvalue weighted by Gasteiger charge is -2.31. The molecule has 0 unspecified atom stereocenters. The van der Waals surface area contributed by atoms with Crippen LogP contribution in [0.25, 0.3) is 0 Å². The molecule has 7 nitrogen and oxygen atoms in total. The van der Waals surface area contributed by atoms with Crippen molar-refractivity contribution in [2.24, 2.45) is 0 Å². The van der Waals surface area contributed by atoms with Gasteiger partial charge in [-0.05, 0) is 37.3 Å². The molecule has 0 N–H and O–H groups in total. The fourth-order valence-corrected chi connectivity index (χ4v) is 5.60. The summed E-state index contributed by atoms with van der Waals surface area (Å²) in [5.74, 6) is 0.955. The number of hydrogen-bond donors (Lipinski definition) is 0. The number of aromatic nitrogens is 3. The number of ether oxygens (including phenoxy) is 1. The smallest absolute Gasteiger partial charge is 0.265 e. The lowest BCUT2D eigenvalue weighted by molar-refractivity contribution is -0.129. The van der Waals surface area contributed by atoms with Crippen LogP contribution < -0.4 is 4.90 Å². The third kappa shape index (κ3) is 5.54. The van der Waals surface area contributed by atoms with Gasteiger partial charge in [0.25, 0.3) is 6.43 Å². The van der Waals surface area contributed by atoms with Gasteiger partial charge in [-0.15, -0.1) is 0 Å².